The van der Waals surface area contributed by atoms with Crippen molar-refractivity contribution >= 4 is 11.7 Å². The molecule has 4 rings (SSSR count). The second kappa shape index (κ2) is 9.57. The zero-order valence-corrected chi connectivity index (χ0v) is 17.0. The van der Waals surface area contributed by atoms with Crippen LogP contribution in [0.15, 0.2) is 60.7 Å². The first-order chi connectivity index (χ1) is 14.7. The molecule has 0 radical (unpaired) electrons. The van der Waals surface area contributed by atoms with E-state index in [1.807, 2.05) is 24.3 Å². The Morgan fingerprint density at radius 1 is 1.17 bits per heavy atom. The highest BCUT2D eigenvalue weighted by atomic mass is 19.1. The Balaban J connectivity index is 1.28. The van der Waals surface area contributed by atoms with Gasteiger partial charge in [-0.2, -0.15) is 5.10 Å². The van der Waals surface area contributed by atoms with E-state index < -0.39 is 0 Å². The van der Waals surface area contributed by atoms with Gasteiger partial charge in [0.15, 0.2) is 5.82 Å². The number of aromatic nitrogens is 2. The molecule has 1 unspecified atom stereocenters. The van der Waals surface area contributed by atoms with Crippen LogP contribution in [0.25, 0.3) is 11.3 Å². The largest absolute Gasteiger partial charge is 0.353 e. The van der Waals surface area contributed by atoms with E-state index >= 15 is 0 Å². The fourth-order valence-electron chi connectivity index (χ4n) is 3.95. The lowest BCUT2D eigenvalue weighted by Crippen LogP contribution is -2.48. The number of anilines is 1. The highest BCUT2D eigenvalue weighted by Crippen LogP contribution is 2.24. The summed E-state index contributed by atoms with van der Waals surface area (Å²) in [4.78, 5) is 14.6. The van der Waals surface area contributed by atoms with Crippen LogP contribution >= 0.6 is 0 Å². The summed E-state index contributed by atoms with van der Waals surface area (Å²) in [7, 11) is 0. The van der Waals surface area contributed by atoms with E-state index in [2.05, 4.69) is 32.5 Å². The van der Waals surface area contributed by atoms with E-state index in [1.54, 1.807) is 12.1 Å². The molecular weight excluding hydrogens is 379 g/mol. The number of aryl methyl sites for hydroxylation is 1. The van der Waals surface area contributed by atoms with Crippen molar-refractivity contribution in [1.82, 2.24) is 15.5 Å². The quantitative estimate of drug-likeness (QED) is 0.614. The molecule has 0 spiro atoms. The monoisotopic (exact) mass is 406 g/mol. The first kappa shape index (κ1) is 20.1. The smallest absolute Gasteiger partial charge is 0.220 e. The molecule has 156 valence electrons. The minimum Gasteiger partial charge on any atom is -0.353 e. The van der Waals surface area contributed by atoms with Crippen molar-refractivity contribution in [2.45, 2.75) is 38.1 Å². The molecule has 1 atom stereocenters. The van der Waals surface area contributed by atoms with Gasteiger partial charge < -0.3 is 10.2 Å². The Morgan fingerprint density at radius 2 is 1.97 bits per heavy atom. The van der Waals surface area contributed by atoms with Crippen molar-refractivity contribution in [2.24, 2.45) is 0 Å². The topological polar surface area (TPSA) is 61.0 Å². The third kappa shape index (κ3) is 5.26. The van der Waals surface area contributed by atoms with E-state index in [1.165, 1.54) is 17.7 Å². The molecule has 1 fully saturated rings. The summed E-state index contributed by atoms with van der Waals surface area (Å²) >= 11 is 0. The Labute approximate surface area is 176 Å². The van der Waals surface area contributed by atoms with Gasteiger partial charge in [0.1, 0.15) is 5.82 Å². The molecule has 2 heterocycles. The van der Waals surface area contributed by atoms with Gasteiger partial charge in [-0.15, -0.1) is 0 Å². The van der Waals surface area contributed by atoms with Crippen LogP contribution in [0.1, 0.15) is 31.2 Å². The van der Waals surface area contributed by atoms with Crippen molar-refractivity contribution in [1.29, 1.82) is 0 Å². The molecule has 0 bridgehead atoms. The molecular formula is C24H27FN4O. The molecule has 2 N–H and O–H groups in total. The number of carbonyl (C=O) groups is 1. The van der Waals surface area contributed by atoms with Gasteiger partial charge in [0.25, 0.3) is 0 Å². The van der Waals surface area contributed by atoms with Crippen molar-refractivity contribution < 1.29 is 9.18 Å². The predicted octanol–water partition coefficient (Wildman–Crippen LogP) is 4.32. The summed E-state index contributed by atoms with van der Waals surface area (Å²) in [5.41, 5.74) is 3.03. The lowest BCUT2D eigenvalue weighted by molar-refractivity contribution is -0.121. The number of carbonyl (C=O) groups excluding carboxylic acids is 1. The number of nitrogens with one attached hydrogen (secondary N) is 2. The van der Waals surface area contributed by atoms with Crippen LogP contribution in [0.5, 0.6) is 0 Å². The standard InChI is InChI=1S/C24H27FN4O/c25-20-13-11-19(12-14-20)22-16-23(28-27-22)29-15-5-9-21(17-29)26-24(30)10-4-8-18-6-2-1-3-7-18/h1-3,6-7,11-14,16,21H,4-5,8-10,15,17H2,(H,26,30)(H,27,28). The molecule has 0 saturated carbocycles. The number of rotatable bonds is 7. The van der Waals surface area contributed by atoms with Crippen LogP contribution in [0.2, 0.25) is 0 Å². The molecule has 0 aliphatic carbocycles. The molecule has 5 nitrogen and oxygen atoms in total. The third-order valence-corrected chi connectivity index (χ3v) is 5.54. The van der Waals surface area contributed by atoms with Crippen molar-refractivity contribution in [3.8, 4) is 11.3 Å². The van der Waals surface area contributed by atoms with E-state index in [9.17, 15) is 9.18 Å². The highest BCUT2D eigenvalue weighted by Gasteiger charge is 2.23. The van der Waals surface area contributed by atoms with Gasteiger partial charge in [-0.1, -0.05) is 30.3 Å². The van der Waals surface area contributed by atoms with Crippen molar-refractivity contribution in [2.75, 3.05) is 18.0 Å². The Morgan fingerprint density at radius 3 is 2.77 bits per heavy atom. The Kier molecular flexibility index (Phi) is 6.42. The Bertz CT molecular complexity index is 955. The summed E-state index contributed by atoms with van der Waals surface area (Å²) in [6.45, 7) is 1.66. The molecule has 2 aromatic carbocycles. The van der Waals surface area contributed by atoms with E-state index in [4.69, 9.17) is 0 Å². The van der Waals surface area contributed by atoms with Gasteiger partial charge in [-0.3, -0.25) is 9.89 Å². The average Bonchev–Trinajstić information content (AvgIpc) is 3.26. The molecule has 1 aliphatic heterocycles. The zero-order valence-electron chi connectivity index (χ0n) is 17.0. The summed E-state index contributed by atoms with van der Waals surface area (Å²) in [5, 5.41) is 10.7. The van der Waals surface area contributed by atoms with Crippen molar-refractivity contribution in [3.05, 3.63) is 72.0 Å². The lowest BCUT2D eigenvalue weighted by Gasteiger charge is -2.33. The molecule has 30 heavy (non-hydrogen) atoms. The van der Waals surface area contributed by atoms with Crippen LogP contribution in [0.3, 0.4) is 0 Å². The SMILES string of the molecule is O=C(CCCc1ccccc1)NC1CCCN(c2cc(-c3ccc(F)cc3)[nH]n2)C1. The average molecular weight is 407 g/mol. The number of H-pyrrole nitrogens is 1. The second-order valence-corrected chi connectivity index (χ2v) is 7.84. The molecule has 3 aromatic rings. The minimum absolute atomic E-state index is 0.117. The molecule has 1 saturated heterocycles. The number of aromatic amines is 1. The van der Waals surface area contributed by atoms with Gasteiger partial charge >= 0.3 is 0 Å². The first-order valence-electron chi connectivity index (χ1n) is 10.6. The van der Waals surface area contributed by atoms with Gasteiger partial charge in [0.2, 0.25) is 5.91 Å². The molecule has 1 aromatic heterocycles. The number of benzene rings is 2. The normalized spacial score (nSPS) is 16.4. The first-order valence-corrected chi connectivity index (χ1v) is 10.6. The molecule has 6 heteroatoms. The second-order valence-electron chi connectivity index (χ2n) is 7.84. The number of piperidine rings is 1. The highest BCUT2D eigenvalue weighted by molar-refractivity contribution is 5.76. The maximum atomic E-state index is 13.1. The van der Waals surface area contributed by atoms with Gasteiger partial charge in [0, 0.05) is 31.6 Å². The summed E-state index contributed by atoms with van der Waals surface area (Å²) in [6.07, 6.45) is 4.31. The maximum absolute atomic E-state index is 13.1. The van der Waals surface area contributed by atoms with Gasteiger partial charge in [-0.05, 0) is 61.1 Å². The fraction of sp³-hybridized carbons (Fsp3) is 0.333. The molecule has 1 aliphatic rings. The number of hydrogen-bond acceptors (Lipinski definition) is 3. The van der Waals surface area contributed by atoms with Crippen LogP contribution in [-0.2, 0) is 11.2 Å². The van der Waals surface area contributed by atoms with Gasteiger partial charge in [-0.25, -0.2) is 4.39 Å². The van der Waals surface area contributed by atoms with Crippen LogP contribution in [0.4, 0.5) is 10.2 Å². The fourth-order valence-corrected chi connectivity index (χ4v) is 3.95. The number of halogens is 1. The van der Waals surface area contributed by atoms with E-state index in [0.717, 1.165) is 55.8 Å². The van der Waals surface area contributed by atoms with Gasteiger partial charge in [0.05, 0.1) is 5.69 Å². The van der Waals surface area contributed by atoms with E-state index in [-0.39, 0.29) is 17.8 Å². The zero-order chi connectivity index (χ0) is 20.8. The summed E-state index contributed by atoms with van der Waals surface area (Å²) in [5.74, 6) is 0.723. The lowest BCUT2D eigenvalue weighted by atomic mass is 10.0. The predicted molar refractivity (Wildman–Crippen MR) is 117 cm³/mol. The third-order valence-electron chi connectivity index (χ3n) is 5.54. The van der Waals surface area contributed by atoms with Crippen LogP contribution < -0.4 is 10.2 Å². The van der Waals surface area contributed by atoms with Crippen molar-refractivity contribution in [3.63, 3.8) is 0 Å². The van der Waals surface area contributed by atoms with Crippen LogP contribution in [-0.4, -0.2) is 35.2 Å². The number of nitrogens with zero attached hydrogens (tertiary/aromatic N) is 2. The number of hydrogen-bond donors (Lipinski definition) is 2. The maximum Gasteiger partial charge on any atom is 0.220 e. The summed E-state index contributed by atoms with van der Waals surface area (Å²) in [6, 6.07) is 18.7. The Hall–Kier alpha value is -3.15. The van der Waals surface area contributed by atoms with Crippen LogP contribution in [0, 0.1) is 5.82 Å². The molecule has 1 amide bonds. The van der Waals surface area contributed by atoms with E-state index in [0.29, 0.717) is 6.42 Å². The summed E-state index contributed by atoms with van der Waals surface area (Å²) < 4.78 is 13.1. The minimum atomic E-state index is -0.253. The number of amides is 1.